The number of rotatable bonds is 7. The summed E-state index contributed by atoms with van der Waals surface area (Å²) in [5.41, 5.74) is -0.146. The highest BCUT2D eigenvalue weighted by Crippen LogP contribution is 2.42. The van der Waals surface area contributed by atoms with Gasteiger partial charge in [0.1, 0.15) is 12.1 Å². The van der Waals surface area contributed by atoms with E-state index in [1.165, 1.54) is 0 Å². The SMILES string of the molecule is C[C@H](NC(=O)COC(=O)CN1C(=O)N[C@@](C)(C2CC2)C1=O)c1cccc(Cl)c1. The van der Waals surface area contributed by atoms with Crippen LogP contribution in [0.2, 0.25) is 5.02 Å². The van der Waals surface area contributed by atoms with Gasteiger partial charge in [-0.25, -0.2) is 4.79 Å². The fourth-order valence-corrected chi connectivity index (χ4v) is 3.46. The summed E-state index contributed by atoms with van der Waals surface area (Å²) < 4.78 is 4.92. The van der Waals surface area contributed by atoms with Gasteiger partial charge in [-0.3, -0.25) is 19.3 Å². The van der Waals surface area contributed by atoms with Crippen molar-refractivity contribution in [2.75, 3.05) is 13.2 Å². The van der Waals surface area contributed by atoms with Crippen LogP contribution in [-0.4, -0.2) is 47.4 Å². The second-order valence-electron chi connectivity index (χ2n) is 7.30. The molecule has 28 heavy (non-hydrogen) atoms. The minimum absolute atomic E-state index is 0.101. The van der Waals surface area contributed by atoms with Crippen LogP contribution >= 0.6 is 11.6 Å². The minimum atomic E-state index is -0.957. The summed E-state index contributed by atoms with van der Waals surface area (Å²) >= 11 is 5.93. The molecular formula is C19H22ClN3O5. The van der Waals surface area contributed by atoms with E-state index >= 15 is 0 Å². The highest BCUT2D eigenvalue weighted by molar-refractivity contribution is 6.30. The lowest BCUT2D eigenvalue weighted by Gasteiger charge is -2.20. The van der Waals surface area contributed by atoms with Gasteiger partial charge in [-0.15, -0.1) is 0 Å². The molecule has 1 aromatic rings. The number of esters is 1. The molecule has 0 unspecified atom stereocenters. The van der Waals surface area contributed by atoms with E-state index in [-0.39, 0.29) is 12.0 Å². The van der Waals surface area contributed by atoms with Crippen molar-refractivity contribution in [2.24, 2.45) is 5.92 Å². The maximum atomic E-state index is 12.5. The summed E-state index contributed by atoms with van der Waals surface area (Å²) in [6.45, 7) is 2.41. The molecule has 0 bridgehead atoms. The van der Waals surface area contributed by atoms with Gasteiger partial charge in [0.05, 0.1) is 6.04 Å². The molecule has 2 aliphatic rings. The van der Waals surface area contributed by atoms with E-state index < -0.39 is 42.5 Å². The minimum Gasteiger partial charge on any atom is -0.454 e. The summed E-state index contributed by atoms with van der Waals surface area (Å²) in [5, 5.41) is 5.89. The third-order valence-electron chi connectivity index (χ3n) is 5.07. The van der Waals surface area contributed by atoms with Crippen LogP contribution in [0.25, 0.3) is 0 Å². The zero-order valence-corrected chi connectivity index (χ0v) is 16.4. The molecule has 150 valence electrons. The average molecular weight is 408 g/mol. The summed E-state index contributed by atoms with van der Waals surface area (Å²) in [6.07, 6.45) is 1.73. The average Bonchev–Trinajstić information content (AvgIpc) is 3.46. The largest absolute Gasteiger partial charge is 0.454 e. The zero-order chi connectivity index (χ0) is 20.5. The smallest absolute Gasteiger partial charge is 0.326 e. The first-order chi connectivity index (χ1) is 13.2. The fraction of sp³-hybridized carbons (Fsp3) is 0.474. The summed E-state index contributed by atoms with van der Waals surface area (Å²) in [7, 11) is 0. The quantitative estimate of drug-likeness (QED) is 0.529. The molecule has 1 aromatic carbocycles. The summed E-state index contributed by atoms with van der Waals surface area (Å²) in [5.74, 6) is -1.66. The predicted octanol–water partition coefficient (Wildman–Crippen LogP) is 1.78. The number of urea groups is 1. The van der Waals surface area contributed by atoms with Gasteiger partial charge in [-0.05, 0) is 50.3 Å². The van der Waals surface area contributed by atoms with Crippen LogP contribution in [0.15, 0.2) is 24.3 Å². The molecule has 3 rings (SSSR count). The lowest BCUT2D eigenvalue weighted by molar-refractivity contribution is -0.151. The Morgan fingerprint density at radius 1 is 1.39 bits per heavy atom. The van der Waals surface area contributed by atoms with E-state index in [1.807, 2.05) is 6.07 Å². The Kier molecular flexibility index (Phi) is 5.60. The zero-order valence-electron chi connectivity index (χ0n) is 15.7. The maximum Gasteiger partial charge on any atom is 0.326 e. The predicted molar refractivity (Wildman–Crippen MR) is 100 cm³/mol. The molecular weight excluding hydrogens is 386 g/mol. The molecule has 1 aliphatic carbocycles. The Balaban J connectivity index is 1.47. The number of hydrogen-bond acceptors (Lipinski definition) is 5. The van der Waals surface area contributed by atoms with Gasteiger partial charge in [0.25, 0.3) is 11.8 Å². The van der Waals surface area contributed by atoms with Gasteiger partial charge >= 0.3 is 12.0 Å². The standard InChI is InChI=1S/C19H22ClN3O5/c1-11(12-4-3-5-14(20)8-12)21-15(24)10-28-16(25)9-23-17(26)19(2,13-6-7-13)22-18(23)27/h3-5,8,11,13H,6-7,9-10H2,1-2H3,(H,21,24)(H,22,27)/t11-,19-/m0/s1. The van der Waals surface area contributed by atoms with E-state index in [9.17, 15) is 19.2 Å². The molecule has 2 atom stereocenters. The highest BCUT2D eigenvalue weighted by Gasteiger charge is 2.56. The molecule has 0 spiro atoms. The molecule has 1 aliphatic heterocycles. The van der Waals surface area contributed by atoms with E-state index in [4.69, 9.17) is 16.3 Å². The van der Waals surface area contributed by atoms with Crippen LogP contribution in [-0.2, 0) is 19.1 Å². The molecule has 4 amide bonds. The van der Waals surface area contributed by atoms with Crippen molar-refractivity contribution < 1.29 is 23.9 Å². The van der Waals surface area contributed by atoms with Crippen molar-refractivity contribution in [3.8, 4) is 0 Å². The van der Waals surface area contributed by atoms with Crippen molar-refractivity contribution in [2.45, 2.75) is 38.3 Å². The van der Waals surface area contributed by atoms with Gasteiger partial charge in [0, 0.05) is 5.02 Å². The Morgan fingerprint density at radius 3 is 2.75 bits per heavy atom. The third kappa shape index (κ3) is 4.27. The monoisotopic (exact) mass is 407 g/mol. The van der Waals surface area contributed by atoms with Crippen molar-refractivity contribution in [1.82, 2.24) is 15.5 Å². The van der Waals surface area contributed by atoms with Crippen LogP contribution in [0.1, 0.15) is 38.3 Å². The molecule has 1 saturated heterocycles. The second-order valence-corrected chi connectivity index (χ2v) is 7.74. The first-order valence-electron chi connectivity index (χ1n) is 9.05. The first kappa shape index (κ1) is 20.1. The number of imide groups is 1. The molecule has 2 N–H and O–H groups in total. The van der Waals surface area contributed by atoms with Crippen LogP contribution in [0.4, 0.5) is 4.79 Å². The Hall–Kier alpha value is -2.61. The van der Waals surface area contributed by atoms with Crippen LogP contribution < -0.4 is 10.6 Å². The topological polar surface area (TPSA) is 105 Å². The van der Waals surface area contributed by atoms with Crippen molar-refractivity contribution in [3.05, 3.63) is 34.9 Å². The van der Waals surface area contributed by atoms with Gasteiger partial charge < -0.3 is 15.4 Å². The highest BCUT2D eigenvalue weighted by atomic mass is 35.5. The number of benzene rings is 1. The van der Waals surface area contributed by atoms with Gasteiger partial charge in [-0.1, -0.05) is 23.7 Å². The fourth-order valence-electron chi connectivity index (χ4n) is 3.26. The van der Waals surface area contributed by atoms with Gasteiger partial charge in [0.15, 0.2) is 6.61 Å². The molecule has 2 fully saturated rings. The van der Waals surface area contributed by atoms with Crippen molar-refractivity contribution in [3.63, 3.8) is 0 Å². The van der Waals surface area contributed by atoms with Gasteiger partial charge in [-0.2, -0.15) is 0 Å². The normalized spacial score (nSPS) is 22.6. The number of hydrogen-bond donors (Lipinski definition) is 2. The summed E-state index contributed by atoms with van der Waals surface area (Å²) in [6, 6.07) is 6.11. The van der Waals surface area contributed by atoms with Crippen LogP contribution in [0.5, 0.6) is 0 Å². The van der Waals surface area contributed by atoms with E-state index in [0.717, 1.165) is 23.3 Å². The Labute approximate surface area is 167 Å². The van der Waals surface area contributed by atoms with Gasteiger partial charge in [0.2, 0.25) is 0 Å². The number of nitrogens with zero attached hydrogens (tertiary/aromatic N) is 1. The number of amides is 4. The van der Waals surface area contributed by atoms with Crippen LogP contribution in [0.3, 0.4) is 0 Å². The number of ether oxygens (including phenoxy) is 1. The number of nitrogens with one attached hydrogen (secondary N) is 2. The molecule has 9 heteroatoms. The molecule has 1 saturated carbocycles. The lowest BCUT2D eigenvalue weighted by Crippen LogP contribution is -2.46. The number of carbonyl (C=O) groups is 4. The maximum absolute atomic E-state index is 12.5. The number of carbonyl (C=O) groups excluding carboxylic acids is 4. The van der Waals surface area contributed by atoms with Crippen molar-refractivity contribution in [1.29, 1.82) is 0 Å². The van der Waals surface area contributed by atoms with Crippen molar-refractivity contribution >= 4 is 35.4 Å². The van der Waals surface area contributed by atoms with E-state index in [2.05, 4.69) is 10.6 Å². The van der Waals surface area contributed by atoms with E-state index in [1.54, 1.807) is 32.0 Å². The third-order valence-corrected chi connectivity index (χ3v) is 5.31. The molecule has 0 aromatic heterocycles. The first-order valence-corrected chi connectivity index (χ1v) is 9.43. The number of halogens is 1. The van der Waals surface area contributed by atoms with Crippen LogP contribution in [0, 0.1) is 5.92 Å². The Morgan fingerprint density at radius 2 is 2.11 bits per heavy atom. The Bertz CT molecular complexity index is 826. The summed E-state index contributed by atoms with van der Waals surface area (Å²) in [4.78, 5) is 49.3. The molecule has 8 nitrogen and oxygen atoms in total. The molecule has 1 heterocycles. The second kappa shape index (κ2) is 7.79. The van der Waals surface area contributed by atoms with E-state index in [0.29, 0.717) is 5.02 Å². The molecule has 0 radical (unpaired) electrons. The lowest BCUT2D eigenvalue weighted by atomic mass is 9.96.